The lowest BCUT2D eigenvalue weighted by atomic mass is 9.73. The first-order valence-corrected chi connectivity index (χ1v) is 7.83. The van der Waals surface area contributed by atoms with E-state index in [1.165, 1.54) is 35.3 Å². The minimum atomic E-state index is 0.136. The first kappa shape index (κ1) is 12.7. The number of allylic oxidation sites excluding steroid dienone is 1. The molecule has 0 bridgehead atoms. The van der Waals surface area contributed by atoms with Crippen LogP contribution in [0.5, 0.6) is 0 Å². The average molecular weight is 275 g/mol. The van der Waals surface area contributed by atoms with Gasteiger partial charge in [0.05, 0.1) is 0 Å². The number of para-hydroxylation sites is 1. The van der Waals surface area contributed by atoms with Gasteiger partial charge in [0.25, 0.3) is 0 Å². The second-order valence-corrected chi connectivity index (χ2v) is 6.50. The van der Waals surface area contributed by atoms with Gasteiger partial charge in [-0.25, -0.2) is 0 Å². The van der Waals surface area contributed by atoms with Crippen molar-refractivity contribution in [1.29, 1.82) is 0 Å². The van der Waals surface area contributed by atoms with Gasteiger partial charge in [0, 0.05) is 22.8 Å². The number of hydrogen-bond acceptors (Lipinski definition) is 1. The van der Waals surface area contributed by atoms with Crippen molar-refractivity contribution in [1.82, 2.24) is 0 Å². The zero-order valence-electron chi connectivity index (χ0n) is 12.7. The van der Waals surface area contributed by atoms with Gasteiger partial charge in [0.1, 0.15) is 0 Å². The summed E-state index contributed by atoms with van der Waals surface area (Å²) < 4.78 is 0. The molecule has 1 nitrogen and oxygen atoms in total. The fourth-order valence-electron chi connectivity index (χ4n) is 4.03. The Morgan fingerprint density at radius 2 is 1.90 bits per heavy atom. The van der Waals surface area contributed by atoms with Crippen LogP contribution in [0, 0.1) is 6.92 Å². The Hall–Kier alpha value is -2.02. The van der Waals surface area contributed by atoms with Crippen LogP contribution in [-0.4, -0.2) is 6.04 Å². The number of anilines is 2. The Labute approximate surface area is 126 Å². The SMILES string of the molecule is Cc1ccc2c(c1)N(c1ccccc1)C1CCC=CC21C. The Bertz CT molecular complexity index is 701. The van der Waals surface area contributed by atoms with E-state index < -0.39 is 0 Å². The summed E-state index contributed by atoms with van der Waals surface area (Å²) in [7, 11) is 0. The highest BCUT2D eigenvalue weighted by molar-refractivity contribution is 5.76. The van der Waals surface area contributed by atoms with E-state index in [2.05, 4.69) is 79.4 Å². The van der Waals surface area contributed by atoms with Crippen molar-refractivity contribution >= 4 is 11.4 Å². The molecule has 0 N–H and O–H groups in total. The fraction of sp³-hybridized carbons (Fsp3) is 0.300. The first-order valence-electron chi connectivity index (χ1n) is 7.83. The van der Waals surface area contributed by atoms with Gasteiger partial charge in [-0.1, -0.05) is 42.5 Å². The van der Waals surface area contributed by atoms with E-state index in [9.17, 15) is 0 Å². The molecule has 0 saturated heterocycles. The van der Waals surface area contributed by atoms with Gasteiger partial charge in [-0.2, -0.15) is 0 Å². The largest absolute Gasteiger partial charge is 0.337 e. The van der Waals surface area contributed by atoms with E-state index in [1.807, 2.05) is 0 Å². The van der Waals surface area contributed by atoms with E-state index in [1.54, 1.807) is 0 Å². The number of nitrogens with zero attached hydrogens (tertiary/aromatic N) is 1. The quantitative estimate of drug-likeness (QED) is 0.653. The standard InChI is InChI=1S/C20H21N/c1-15-11-12-17-18(14-15)21(16-8-4-3-5-9-16)19-10-6-7-13-20(17,19)2/h3-5,7-9,11-14,19H,6,10H2,1-2H3. The van der Waals surface area contributed by atoms with E-state index >= 15 is 0 Å². The fourth-order valence-corrected chi connectivity index (χ4v) is 4.03. The zero-order chi connectivity index (χ0) is 14.4. The molecule has 0 spiro atoms. The minimum absolute atomic E-state index is 0.136. The third-order valence-corrected chi connectivity index (χ3v) is 5.10. The first-order chi connectivity index (χ1) is 10.2. The molecule has 2 atom stereocenters. The second kappa shape index (κ2) is 4.49. The van der Waals surface area contributed by atoms with Crippen LogP contribution in [0.3, 0.4) is 0 Å². The normalized spacial score (nSPS) is 26.6. The monoisotopic (exact) mass is 275 g/mol. The van der Waals surface area contributed by atoms with Gasteiger partial charge in [0.2, 0.25) is 0 Å². The van der Waals surface area contributed by atoms with Crippen molar-refractivity contribution < 1.29 is 0 Å². The summed E-state index contributed by atoms with van der Waals surface area (Å²) in [5.41, 5.74) is 5.64. The van der Waals surface area contributed by atoms with E-state index in [0.29, 0.717) is 6.04 Å². The van der Waals surface area contributed by atoms with E-state index in [0.717, 1.165) is 0 Å². The molecule has 1 aliphatic carbocycles. The molecule has 2 unspecified atom stereocenters. The van der Waals surface area contributed by atoms with Crippen LogP contribution >= 0.6 is 0 Å². The predicted molar refractivity (Wildman–Crippen MR) is 89.3 cm³/mol. The van der Waals surface area contributed by atoms with Gasteiger partial charge in [-0.15, -0.1) is 0 Å². The third-order valence-electron chi connectivity index (χ3n) is 5.10. The Morgan fingerprint density at radius 1 is 1.10 bits per heavy atom. The molecule has 1 heteroatoms. The molecule has 0 saturated carbocycles. The van der Waals surface area contributed by atoms with Gasteiger partial charge in [-0.05, 0) is 56.0 Å². The highest BCUT2D eigenvalue weighted by Crippen LogP contribution is 2.52. The summed E-state index contributed by atoms with van der Waals surface area (Å²) in [5.74, 6) is 0. The molecule has 2 aliphatic rings. The van der Waals surface area contributed by atoms with Crippen LogP contribution in [0.2, 0.25) is 0 Å². The van der Waals surface area contributed by atoms with Gasteiger partial charge in [0.15, 0.2) is 0 Å². The van der Waals surface area contributed by atoms with Crippen LogP contribution in [0.15, 0.2) is 60.7 Å². The molecule has 106 valence electrons. The number of rotatable bonds is 1. The summed E-state index contributed by atoms with van der Waals surface area (Å²) in [4.78, 5) is 2.56. The van der Waals surface area contributed by atoms with E-state index in [4.69, 9.17) is 0 Å². The van der Waals surface area contributed by atoms with Crippen LogP contribution < -0.4 is 4.90 Å². The van der Waals surface area contributed by atoms with Crippen molar-refractivity contribution in [2.45, 2.75) is 38.1 Å². The van der Waals surface area contributed by atoms with Crippen molar-refractivity contribution in [3.63, 3.8) is 0 Å². The Balaban J connectivity index is 1.96. The van der Waals surface area contributed by atoms with Crippen LogP contribution in [0.25, 0.3) is 0 Å². The molecule has 2 aromatic carbocycles. The maximum atomic E-state index is 2.56. The average Bonchev–Trinajstić information content (AvgIpc) is 2.76. The van der Waals surface area contributed by atoms with Crippen molar-refractivity contribution in [3.8, 4) is 0 Å². The molecule has 0 radical (unpaired) electrons. The minimum Gasteiger partial charge on any atom is -0.337 e. The lowest BCUT2D eigenvalue weighted by molar-refractivity contribution is 0.441. The summed E-state index contributed by atoms with van der Waals surface area (Å²) in [6.07, 6.45) is 7.18. The maximum absolute atomic E-state index is 2.56. The topological polar surface area (TPSA) is 3.24 Å². The highest BCUT2D eigenvalue weighted by atomic mass is 15.2. The molecule has 0 aromatic heterocycles. The number of hydrogen-bond donors (Lipinski definition) is 0. The second-order valence-electron chi connectivity index (χ2n) is 6.50. The highest BCUT2D eigenvalue weighted by Gasteiger charge is 2.47. The van der Waals surface area contributed by atoms with Crippen LogP contribution in [0.4, 0.5) is 11.4 Å². The van der Waals surface area contributed by atoms with Crippen molar-refractivity contribution in [2.24, 2.45) is 0 Å². The molecular formula is C20H21N. The Morgan fingerprint density at radius 3 is 2.71 bits per heavy atom. The molecule has 4 rings (SSSR count). The summed E-state index contributed by atoms with van der Waals surface area (Å²) in [6, 6.07) is 18.3. The lowest BCUT2D eigenvalue weighted by Crippen LogP contribution is -2.41. The summed E-state index contributed by atoms with van der Waals surface area (Å²) in [6.45, 7) is 4.58. The van der Waals surface area contributed by atoms with Gasteiger partial charge < -0.3 is 4.90 Å². The maximum Gasteiger partial charge on any atom is 0.0474 e. The lowest BCUT2D eigenvalue weighted by Gasteiger charge is -2.37. The van der Waals surface area contributed by atoms with E-state index in [-0.39, 0.29) is 5.41 Å². The summed E-state index contributed by atoms with van der Waals surface area (Å²) >= 11 is 0. The molecular weight excluding hydrogens is 254 g/mol. The van der Waals surface area contributed by atoms with Crippen LogP contribution in [-0.2, 0) is 5.41 Å². The molecule has 0 fully saturated rings. The molecule has 21 heavy (non-hydrogen) atoms. The molecule has 1 aliphatic heterocycles. The van der Waals surface area contributed by atoms with Gasteiger partial charge >= 0.3 is 0 Å². The van der Waals surface area contributed by atoms with Crippen LogP contribution in [0.1, 0.15) is 30.9 Å². The molecule has 1 heterocycles. The third kappa shape index (κ3) is 1.77. The number of aryl methyl sites for hydroxylation is 1. The zero-order valence-corrected chi connectivity index (χ0v) is 12.7. The number of benzene rings is 2. The van der Waals surface area contributed by atoms with Gasteiger partial charge in [-0.3, -0.25) is 0 Å². The van der Waals surface area contributed by atoms with Crippen molar-refractivity contribution in [3.05, 3.63) is 71.8 Å². The predicted octanol–water partition coefficient (Wildman–Crippen LogP) is 5.12. The smallest absolute Gasteiger partial charge is 0.0474 e. The number of fused-ring (bicyclic) bond motifs is 3. The Kier molecular flexibility index (Phi) is 2.72. The molecule has 0 amide bonds. The molecule has 2 aromatic rings. The summed E-state index contributed by atoms with van der Waals surface area (Å²) in [5, 5.41) is 0. The van der Waals surface area contributed by atoms with Crippen molar-refractivity contribution in [2.75, 3.05) is 4.90 Å².